The van der Waals surface area contributed by atoms with Crippen LogP contribution in [0.15, 0.2) is 18.2 Å². The van der Waals surface area contributed by atoms with Crippen LogP contribution in [0.5, 0.6) is 5.75 Å². The monoisotopic (exact) mass is 249 g/mol. The summed E-state index contributed by atoms with van der Waals surface area (Å²) in [6, 6.07) is 4.98. The van der Waals surface area contributed by atoms with Gasteiger partial charge in [0.2, 0.25) is 0 Å². The number of rotatable bonds is 4. The lowest BCUT2D eigenvalue weighted by Crippen LogP contribution is -2.27. The number of nitrogens with one attached hydrogen (secondary N) is 1. The summed E-state index contributed by atoms with van der Waals surface area (Å²) in [4.78, 5) is 11.9. The van der Waals surface area contributed by atoms with Crippen molar-refractivity contribution < 1.29 is 14.6 Å². The Hall–Kier alpha value is -1.55. The zero-order valence-corrected chi connectivity index (χ0v) is 10.6. The number of amides is 1. The van der Waals surface area contributed by atoms with Crippen molar-refractivity contribution >= 4 is 5.91 Å². The van der Waals surface area contributed by atoms with Crippen LogP contribution >= 0.6 is 0 Å². The van der Waals surface area contributed by atoms with E-state index < -0.39 is 0 Å². The van der Waals surface area contributed by atoms with Crippen molar-refractivity contribution in [3.8, 4) is 5.75 Å². The van der Waals surface area contributed by atoms with Crippen LogP contribution < -0.4 is 5.32 Å². The minimum Gasteiger partial charge on any atom is -0.508 e. The van der Waals surface area contributed by atoms with E-state index in [0.29, 0.717) is 17.7 Å². The largest absolute Gasteiger partial charge is 0.508 e. The minimum absolute atomic E-state index is 0.138. The van der Waals surface area contributed by atoms with Crippen LogP contribution in [0.2, 0.25) is 0 Å². The van der Waals surface area contributed by atoms with Gasteiger partial charge in [0, 0.05) is 24.3 Å². The fourth-order valence-corrected chi connectivity index (χ4v) is 2.18. The molecule has 0 bridgehead atoms. The molecule has 0 radical (unpaired) electrons. The quantitative estimate of drug-likeness (QED) is 0.858. The first-order chi connectivity index (χ1) is 8.68. The third-order valence-corrected chi connectivity index (χ3v) is 3.33. The number of hydrogen-bond donors (Lipinski definition) is 2. The van der Waals surface area contributed by atoms with E-state index in [1.54, 1.807) is 25.1 Å². The topological polar surface area (TPSA) is 58.6 Å². The summed E-state index contributed by atoms with van der Waals surface area (Å²) in [5.41, 5.74) is 1.15. The molecular weight excluding hydrogens is 230 g/mol. The molecule has 1 aliphatic heterocycles. The lowest BCUT2D eigenvalue weighted by atomic mass is 10.1. The maximum atomic E-state index is 11.9. The third-order valence-electron chi connectivity index (χ3n) is 3.33. The number of phenols is 1. The van der Waals surface area contributed by atoms with E-state index in [1.165, 1.54) is 0 Å². The van der Waals surface area contributed by atoms with E-state index in [1.807, 2.05) is 0 Å². The van der Waals surface area contributed by atoms with Gasteiger partial charge in [-0.3, -0.25) is 4.79 Å². The summed E-state index contributed by atoms with van der Waals surface area (Å²) < 4.78 is 5.49. The molecule has 1 fully saturated rings. The van der Waals surface area contributed by atoms with Crippen LogP contribution in [-0.4, -0.2) is 30.3 Å². The summed E-state index contributed by atoms with van der Waals surface area (Å²) in [6.45, 7) is 3.19. The van der Waals surface area contributed by atoms with Gasteiger partial charge in [-0.1, -0.05) is 6.07 Å². The van der Waals surface area contributed by atoms with Crippen LogP contribution in [0.4, 0.5) is 0 Å². The molecule has 1 atom stereocenters. The average Bonchev–Trinajstić information content (AvgIpc) is 2.85. The molecule has 1 aromatic carbocycles. The molecule has 98 valence electrons. The number of carbonyl (C=O) groups is 1. The molecule has 2 rings (SSSR count). The molecule has 4 nitrogen and oxygen atoms in total. The Morgan fingerprint density at radius 3 is 3.11 bits per heavy atom. The Labute approximate surface area is 107 Å². The molecule has 4 heteroatoms. The Bertz CT molecular complexity index is 425. The van der Waals surface area contributed by atoms with Crippen molar-refractivity contribution in [2.75, 3.05) is 13.2 Å². The zero-order chi connectivity index (χ0) is 13.0. The molecule has 1 saturated heterocycles. The van der Waals surface area contributed by atoms with Gasteiger partial charge in [0.25, 0.3) is 5.91 Å². The van der Waals surface area contributed by atoms with Crippen LogP contribution in [0, 0.1) is 6.92 Å². The number of phenolic OH excluding ortho intramolecular Hbond substituents is 1. The van der Waals surface area contributed by atoms with Crippen LogP contribution in [0.3, 0.4) is 0 Å². The first-order valence-electron chi connectivity index (χ1n) is 6.37. The molecular formula is C14H19NO3. The van der Waals surface area contributed by atoms with Crippen molar-refractivity contribution in [2.45, 2.75) is 32.3 Å². The number of carbonyl (C=O) groups excluding carboxylic acids is 1. The second-order valence-corrected chi connectivity index (χ2v) is 4.63. The lowest BCUT2D eigenvalue weighted by Gasteiger charge is -2.11. The van der Waals surface area contributed by atoms with E-state index in [0.717, 1.165) is 25.9 Å². The van der Waals surface area contributed by atoms with Crippen LogP contribution in [-0.2, 0) is 4.74 Å². The average molecular weight is 249 g/mol. The Kier molecular flexibility index (Phi) is 4.20. The van der Waals surface area contributed by atoms with Gasteiger partial charge in [0.1, 0.15) is 5.75 Å². The van der Waals surface area contributed by atoms with Gasteiger partial charge in [-0.05, 0) is 38.3 Å². The standard InChI is InChI=1S/C14H19NO3/c1-10-12(5-2-6-13(10)16)14(17)15-8-7-11-4-3-9-18-11/h2,5-6,11,16H,3-4,7-9H2,1H3,(H,15,17). The van der Waals surface area contributed by atoms with Gasteiger partial charge in [0.05, 0.1) is 6.10 Å². The number of aromatic hydroxyl groups is 1. The summed E-state index contributed by atoms with van der Waals surface area (Å²) in [6.07, 6.45) is 3.34. The highest BCUT2D eigenvalue weighted by Crippen LogP contribution is 2.19. The van der Waals surface area contributed by atoms with Crippen LogP contribution in [0.1, 0.15) is 35.2 Å². The van der Waals surface area contributed by atoms with Crippen molar-refractivity contribution in [3.05, 3.63) is 29.3 Å². The van der Waals surface area contributed by atoms with Crippen molar-refractivity contribution in [1.82, 2.24) is 5.32 Å². The first-order valence-corrected chi connectivity index (χ1v) is 6.37. The van der Waals surface area contributed by atoms with Gasteiger partial charge in [-0.15, -0.1) is 0 Å². The third kappa shape index (κ3) is 3.01. The van der Waals surface area contributed by atoms with E-state index >= 15 is 0 Å². The van der Waals surface area contributed by atoms with E-state index in [2.05, 4.69) is 5.32 Å². The Morgan fingerprint density at radius 2 is 2.39 bits per heavy atom. The summed E-state index contributed by atoms with van der Waals surface area (Å²) in [7, 11) is 0. The first kappa shape index (κ1) is 12.9. The molecule has 18 heavy (non-hydrogen) atoms. The smallest absolute Gasteiger partial charge is 0.251 e. The maximum Gasteiger partial charge on any atom is 0.251 e. The molecule has 0 saturated carbocycles. The van der Waals surface area contributed by atoms with E-state index in [-0.39, 0.29) is 17.8 Å². The molecule has 0 aromatic heterocycles. The fourth-order valence-electron chi connectivity index (χ4n) is 2.18. The van der Waals surface area contributed by atoms with Gasteiger partial charge in [-0.2, -0.15) is 0 Å². The molecule has 1 heterocycles. The van der Waals surface area contributed by atoms with Gasteiger partial charge >= 0.3 is 0 Å². The predicted molar refractivity (Wildman–Crippen MR) is 68.8 cm³/mol. The highest BCUT2D eigenvalue weighted by Gasteiger charge is 2.16. The summed E-state index contributed by atoms with van der Waals surface area (Å²) in [5.74, 6) is 0.0168. The predicted octanol–water partition coefficient (Wildman–Crippen LogP) is 2.00. The highest BCUT2D eigenvalue weighted by molar-refractivity contribution is 5.96. The molecule has 0 spiro atoms. The number of benzene rings is 1. The van der Waals surface area contributed by atoms with Gasteiger partial charge < -0.3 is 15.2 Å². The van der Waals surface area contributed by atoms with E-state index in [9.17, 15) is 9.90 Å². The van der Waals surface area contributed by atoms with Crippen LogP contribution in [0.25, 0.3) is 0 Å². The molecule has 2 N–H and O–H groups in total. The maximum absolute atomic E-state index is 11.9. The van der Waals surface area contributed by atoms with Crippen molar-refractivity contribution in [1.29, 1.82) is 0 Å². The summed E-state index contributed by atoms with van der Waals surface area (Å²) >= 11 is 0. The van der Waals surface area contributed by atoms with Gasteiger partial charge in [-0.25, -0.2) is 0 Å². The fraction of sp³-hybridized carbons (Fsp3) is 0.500. The number of ether oxygens (including phenoxy) is 1. The molecule has 1 unspecified atom stereocenters. The zero-order valence-electron chi connectivity index (χ0n) is 10.6. The SMILES string of the molecule is Cc1c(O)cccc1C(=O)NCCC1CCCO1. The molecule has 1 amide bonds. The Balaban J connectivity index is 1.85. The molecule has 1 aromatic rings. The second kappa shape index (κ2) is 5.87. The highest BCUT2D eigenvalue weighted by atomic mass is 16.5. The number of hydrogen-bond acceptors (Lipinski definition) is 3. The van der Waals surface area contributed by atoms with E-state index in [4.69, 9.17) is 4.74 Å². The Morgan fingerprint density at radius 1 is 1.56 bits per heavy atom. The second-order valence-electron chi connectivity index (χ2n) is 4.63. The molecule has 1 aliphatic rings. The minimum atomic E-state index is -0.138. The molecule has 0 aliphatic carbocycles. The normalized spacial score (nSPS) is 18.8. The van der Waals surface area contributed by atoms with Gasteiger partial charge in [0.15, 0.2) is 0 Å². The van der Waals surface area contributed by atoms with Crippen molar-refractivity contribution in [2.24, 2.45) is 0 Å². The lowest BCUT2D eigenvalue weighted by molar-refractivity contribution is 0.0906. The summed E-state index contributed by atoms with van der Waals surface area (Å²) in [5, 5.41) is 12.4. The van der Waals surface area contributed by atoms with Crippen molar-refractivity contribution in [3.63, 3.8) is 0 Å².